The predicted octanol–water partition coefficient (Wildman–Crippen LogP) is 3.07. The van der Waals surface area contributed by atoms with E-state index in [0.29, 0.717) is 0 Å². The van der Waals surface area contributed by atoms with Crippen molar-refractivity contribution in [1.29, 1.82) is 0 Å². The van der Waals surface area contributed by atoms with Gasteiger partial charge in [0.1, 0.15) is 0 Å². The fourth-order valence-corrected chi connectivity index (χ4v) is 2.11. The largest absolute Gasteiger partial charge is 0.329 e. The number of likely N-dealkylation sites (N-methyl/N-ethyl adjacent to an activating group) is 1. The summed E-state index contributed by atoms with van der Waals surface area (Å²) in [6.07, 6.45) is 3.83. The molecule has 102 valence electrons. The number of aromatic nitrogens is 2. The van der Waals surface area contributed by atoms with Crippen molar-refractivity contribution in [2.24, 2.45) is 0 Å². The Kier molecular flexibility index (Phi) is 4.05. The molecule has 0 fully saturated rings. The Bertz CT molecular complexity index is 518. The van der Waals surface area contributed by atoms with Crippen LogP contribution in [0.4, 0.5) is 0 Å². The van der Waals surface area contributed by atoms with Crippen LogP contribution in [0.15, 0.2) is 36.8 Å². The minimum Gasteiger partial charge on any atom is -0.329 e. The maximum atomic E-state index is 4.26. The van der Waals surface area contributed by atoms with Gasteiger partial charge in [-0.15, -0.1) is 0 Å². The molecule has 2 aromatic rings. The van der Waals surface area contributed by atoms with Crippen LogP contribution >= 0.6 is 0 Å². The summed E-state index contributed by atoms with van der Waals surface area (Å²) >= 11 is 0. The van der Waals surface area contributed by atoms with Crippen molar-refractivity contribution >= 4 is 0 Å². The van der Waals surface area contributed by atoms with E-state index in [1.54, 1.807) is 0 Å². The Balaban J connectivity index is 2.25. The van der Waals surface area contributed by atoms with Crippen LogP contribution in [-0.4, -0.2) is 23.1 Å². The van der Waals surface area contributed by atoms with Gasteiger partial charge < -0.3 is 9.88 Å². The molecule has 0 unspecified atom stereocenters. The van der Waals surface area contributed by atoms with E-state index in [0.717, 1.165) is 13.1 Å². The predicted molar refractivity (Wildman–Crippen MR) is 80.3 cm³/mol. The van der Waals surface area contributed by atoms with Crippen molar-refractivity contribution in [2.75, 3.05) is 13.6 Å². The second-order valence-electron chi connectivity index (χ2n) is 5.90. The molecule has 3 nitrogen and oxygen atoms in total. The molecule has 0 bridgehead atoms. The highest BCUT2D eigenvalue weighted by atomic mass is 15.1. The van der Waals surface area contributed by atoms with Gasteiger partial charge in [-0.25, -0.2) is 4.98 Å². The van der Waals surface area contributed by atoms with Gasteiger partial charge >= 0.3 is 0 Å². The molecule has 0 saturated carbocycles. The zero-order valence-electron chi connectivity index (χ0n) is 12.3. The maximum absolute atomic E-state index is 4.26. The Labute approximate surface area is 115 Å². The van der Waals surface area contributed by atoms with E-state index in [-0.39, 0.29) is 5.41 Å². The van der Waals surface area contributed by atoms with Gasteiger partial charge in [-0.2, -0.15) is 0 Å². The summed E-state index contributed by atoms with van der Waals surface area (Å²) < 4.78 is 2.18. The number of rotatable bonds is 4. The summed E-state index contributed by atoms with van der Waals surface area (Å²) in [4.78, 5) is 4.26. The highest BCUT2D eigenvalue weighted by molar-refractivity contribution is 5.59. The third-order valence-corrected chi connectivity index (χ3v) is 3.36. The highest BCUT2D eigenvalue weighted by Crippen LogP contribution is 2.25. The van der Waals surface area contributed by atoms with Crippen LogP contribution < -0.4 is 5.32 Å². The molecular formula is C16H23N3. The monoisotopic (exact) mass is 257 g/mol. The van der Waals surface area contributed by atoms with Gasteiger partial charge in [0, 0.05) is 13.1 Å². The molecule has 1 aromatic heterocycles. The van der Waals surface area contributed by atoms with Crippen LogP contribution in [0.5, 0.6) is 0 Å². The second-order valence-corrected chi connectivity index (χ2v) is 5.90. The van der Waals surface area contributed by atoms with Crippen molar-refractivity contribution in [2.45, 2.75) is 32.7 Å². The van der Waals surface area contributed by atoms with Crippen molar-refractivity contribution in [1.82, 2.24) is 14.9 Å². The van der Waals surface area contributed by atoms with E-state index in [1.165, 1.54) is 16.8 Å². The van der Waals surface area contributed by atoms with E-state index in [4.69, 9.17) is 0 Å². The molecule has 0 aliphatic carbocycles. The quantitative estimate of drug-likeness (QED) is 0.912. The first-order valence-electron chi connectivity index (χ1n) is 6.78. The number of nitrogens with one attached hydrogen (secondary N) is 1. The number of benzene rings is 1. The summed E-state index contributed by atoms with van der Waals surface area (Å²) in [5.74, 6) is 0. The molecule has 1 N–H and O–H groups in total. The molecule has 0 radical (unpaired) electrons. The van der Waals surface area contributed by atoms with Gasteiger partial charge in [0.05, 0.1) is 18.2 Å². The lowest BCUT2D eigenvalue weighted by molar-refractivity contribution is 0.590. The molecule has 1 aromatic carbocycles. The molecule has 1 heterocycles. The number of hydrogen-bond donors (Lipinski definition) is 1. The van der Waals surface area contributed by atoms with Crippen molar-refractivity contribution in [3.05, 3.63) is 42.4 Å². The first kappa shape index (κ1) is 13.8. The number of imidazole rings is 1. The van der Waals surface area contributed by atoms with E-state index in [9.17, 15) is 0 Å². The zero-order chi connectivity index (χ0) is 13.9. The molecule has 19 heavy (non-hydrogen) atoms. The van der Waals surface area contributed by atoms with Crippen LogP contribution in [0, 0.1) is 0 Å². The van der Waals surface area contributed by atoms with Crippen molar-refractivity contribution in [3.63, 3.8) is 0 Å². The molecule has 0 spiro atoms. The van der Waals surface area contributed by atoms with Gasteiger partial charge in [0.15, 0.2) is 0 Å². The maximum Gasteiger partial charge on any atom is 0.0951 e. The standard InChI is InChI=1S/C16H23N3/c1-16(2,3)14-7-5-13(6-8-14)15-11-18-12-19(15)10-9-17-4/h5-8,11-12,17H,9-10H2,1-4H3. The van der Waals surface area contributed by atoms with Crippen LogP contribution in [0.25, 0.3) is 11.3 Å². The molecule has 2 rings (SSSR count). The number of nitrogens with zero attached hydrogens (tertiary/aromatic N) is 2. The lowest BCUT2D eigenvalue weighted by Gasteiger charge is -2.19. The minimum atomic E-state index is 0.199. The van der Waals surface area contributed by atoms with Crippen LogP contribution in [0.3, 0.4) is 0 Å². The zero-order valence-corrected chi connectivity index (χ0v) is 12.3. The van der Waals surface area contributed by atoms with Crippen molar-refractivity contribution in [3.8, 4) is 11.3 Å². The van der Waals surface area contributed by atoms with Crippen LogP contribution in [-0.2, 0) is 12.0 Å². The average Bonchev–Trinajstić information content (AvgIpc) is 2.83. The molecule has 3 heteroatoms. The first-order chi connectivity index (χ1) is 9.02. The van der Waals surface area contributed by atoms with Crippen LogP contribution in [0.2, 0.25) is 0 Å². The molecule has 0 aliphatic heterocycles. The summed E-state index contributed by atoms with van der Waals surface area (Å²) in [6, 6.07) is 8.80. The Hall–Kier alpha value is -1.61. The third-order valence-electron chi connectivity index (χ3n) is 3.36. The SMILES string of the molecule is CNCCn1cncc1-c1ccc(C(C)(C)C)cc1. The van der Waals surface area contributed by atoms with Gasteiger partial charge in [0.2, 0.25) is 0 Å². The summed E-state index contributed by atoms with van der Waals surface area (Å²) in [7, 11) is 1.97. The molecular weight excluding hydrogens is 234 g/mol. The first-order valence-corrected chi connectivity index (χ1v) is 6.78. The Morgan fingerprint density at radius 2 is 1.84 bits per heavy atom. The van der Waals surface area contributed by atoms with Crippen molar-refractivity contribution < 1.29 is 0 Å². The molecule has 0 saturated heterocycles. The lowest BCUT2D eigenvalue weighted by Crippen LogP contribution is -2.15. The van der Waals surface area contributed by atoms with Gasteiger partial charge in [0.25, 0.3) is 0 Å². The fraction of sp³-hybridized carbons (Fsp3) is 0.438. The smallest absolute Gasteiger partial charge is 0.0951 e. The lowest BCUT2D eigenvalue weighted by atomic mass is 9.86. The average molecular weight is 257 g/mol. The van der Waals surface area contributed by atoms with Gasteiger partial charge in [-0.3, -0.25) is 0 Å². The van der Waals surface area contributed by atoms with E-state index < -0.39 is 0 Å². The summed E-state index contributed by atoms with van der Waals surface area (Å²) in [6.45, 7) is 8.59. The summed E-state index contributed by atoms with van der Waals surface area (Å²) in [5.41, 5.74) is 3.96. The van der Waals surface area contributed by atoms with Crippen LogP contribution in [0.1, 0.15) is 26.3 Å². The second kappa shape index (κ2) is 5.57. The Morgan fingerprint density at radius 3 is 2.42 bits per heavy atom. The third kappa shape index (κ3) is 3.24. The van der Waals surface area contributed by atoms with E-state index in [1.807, 2.05) is 19.6 Å². The minimum absolute atomic E-state index is 0.199. The normalized spacial score (nSPS) is 11.8. The Morgan fingerprint density at radius 1 is 1.16 bits per heavy atom. The highest BCUT2D eigenvalue weighted by Gasteiger charge is 2.13. The topological polar surface area (TPSA) is 29.9 Å². The molecule has 0 amide bonds. The molecule has 0 atom stereocenters. The van der Waals surface area contributed by atoms with E-state index in [2.05, 4.69) is 59.9 Å². The van der Waals surface area contributed by atoms with Gasteiger partial charge in [-0.05, 0) is 23.6 Å². The fourth-order valence-electron chi connectivity index (χ4n) is 2.11. The van der Waals surface area contributed by atoms with Gasteiger partial charge in [-0.1, -0.05) is 45.0 Å². The van der Waals surface area contributed by atoms with E-state index >= 15 is 0 Å². The number of hydrogen-bond acceptors (Lipinski definition) is 2. The molecule has 0 aliphatic rings. The summed E-state index contributed by atoms with van der Waals surface area (Å²) in [5, 5.41) is 3.17.